The van der Waals surface area contributed by atoms with E-state index < -0.39 is 5.91 Å². The van der Waals surface area contributed by atoms with E-state index >= 15 is 0 Å². The molecule has 162 valence electrons. The number of benzene rings is 4. The molecule has 0 aliphatic heterocycles. The number of hydrogen-bond donors (Lipinski definition) is 1. The third kappa shape index (κ3) is 5.49. The van der Waals surface area contributed by atoms with E-state index in [4.69, 9.17) is 4.74 Å². The van der Waals surface area contributed by atoms with Gasteiger partial charge in [0.1, 0.15) is 24.0 Å². The van der Waals surface area contributed by atoms with Crippen LogP contribution >= 0.6 is 15.9 Å². The number of fused-ring (bicyclic) bond motifs is 1. The lowest BCUT2D eigenvalue weighted by Crippen LogP contribution is -2.13. The van der Waals surface area contributed by atoms with E-state index in [1.54, 1.807) is 18.2 Å². The van der Waals surface area contributed by atoms with Crippen LogP contribution in [-0.2, 0) is 11.4 Å². The maximum Gasteiger partial charge on any atom is 0.266 e. The lowest BCUT2D eigenvalue weighted by atomic mass is 10.0. The highest BCUT2D eigenvalue weighted by molar-refractivity contribution is 9.10. The number of hydrogen-bond acceptors (Lipinski definition) is 3. The summed E-state index contributed by atoms with van der Waals surface area (Å²) in [5.74, 6) is 0.135. The zero-order valence-electron chi connectivity index (χ0n) is 18.0. The summed E-state index contributed by atoms with van der Waals surface area (Å²) in [5, 5.41) is 14.4. The summed E-state index contributed by atoms with van der Waals surface area (Å²) in [6.45, 7) is 2.42. The zero-order valence-corrected chi connectivity index (χ0v) is 19.6. The van der Waals surface area contributed by atoms with Crippen LogP contribution in [0.2, 0.25) is 0 Å². The summed E-state index contributed by atoms with van der Waals surface area (Å²) in [5.41, 5.74) is 3.52. The van der Waals surface area contributed by atoms with Crippen molar-refractivity contribution in [2.75, 3.05) is 5.32 Å². The van der Waals surface area contributed by atoms with Gasteiger partial charge in [-0.2, -0.15) is 5.26 Å². The number of anilines is 1. The first-order chi connectivity index (χ1) is 16.0. The average Bonchev–Trinajstić information content (AvgIpc) is 2.84. The van der Waals surface area contributed by atoms with Gasteiger partial charge in [0.2, 0.25) is 0 Å². The van der Waals surface area contributed by atoms with Gasteiger partial charge < -0.3 is 10.1 Å². The fourth-order valence-electron chi connectivity index (χ4n) is 3.42. The number of carbonyl (C=O) groups excluding carboxylic acids is 1. The van der Waals surface area contributed by atoms with Gasteiger partial charge in [-0.1, -0.05) is 76.1 Å². The predicted molar refractivity (Wildman–Crippen MR) is 136 cm³/mol. The molecule has 4 rings (SSSR count). The second-order valence-corrected chi connectivity index (χ2v) is 8.52. The van der Waals surface area contributed by atoms with Gasteiger partial charge in [0.15, 0.2) is 0 Å². The molecule has 0 atom stereocenters. The molecule has 33 heavy (non-hydrogen) atoms. The zero-order chi connectivity index (χ0) is 23.2. The van der Waals surface area contributed by atoms with Crippen LogP contribution in [0.25, 0.3) is 16.8 Å². The highest BCUT2D eigenvalue weighted by atomic mass is 79.9. The van der Waals surface area contributed by atoms with Crippen LogP contribution in [0.15, 0.2) is 95.0 Å². The summed E-state index contributed by atoms with van der Waals surface area (Å²) in [6.07, 6.45) is 1.60. The molecule has 0 aliphatic rings. The molecule has 0 radical (unpaired) electrons. The number of ether oxygens (including phenoxy) is 1. The number of carbonyl (C=O) groups is 1. The number of aryl methyl sites for hydroxylation is 1. The van der Waals surface area contributed by atoms with Crippen molar-refractivity contribution in [2.45, 2.75) is 13.5 Å². The van der Waals surface area contributed by atoms with Crippen molar-refractivity contribution in [1.82, 2.24) is 0 Å². The van der Waals surface area contributed by atoms with E-state index in [-0.39, 0.29) is 5.57 Å². The van der Waals surface area contributed by atoms with E-state index in [0.29, 0.717) is 23.6 Å². The molecule has 0 unspecified atom stereocenters. The average molecular weight is 497 g/mol. The van der Waals surface area contributed by atoms with Crippen molar-refractivity contribution >= 4 is 44.4 Å². The molecule has 0 aromatic heterocycles. The Labute approximate surface area is 201 Å². The van der Waals surface area contributed by atoms with E-state index in [2.05, 4.69) is 21.2 Å². The highest BCUT2D eigenvalue weighted by Crippen LogP contribution is 2.31. The van der Waals surface area contributed by atoms with Crippen LogP contribution in [-0.4, -0.2) is 5.91 Å². The van der Waals surface area contributed by atoms with Gasteiger partial charge in [0, 0.05) is 15.7 Å². The Morgan fingerprint density at radius 1 is 1.00 bits per heavy atom. The third-order valence-corrected chi connectivity index (χ3v) is 5.73. The maximum absolute atomic E-state index is 12.8. The maximum atomic E-state index is 12.8. The summed E-state index contributed by atoms with van der Waals surface area (Å²) in [6, 6.07) is 29.1. The van der Waals surface area contributed by atoms with Gasteiger partial charge in [-0.15, -0.1) is 0 Å². The van der Waals surface area contributed by atoms with Crippen molar-refractivity contribution in [2.24, 2.45) is 0 Å². The Hall–Kier alpha value is -3.88. The SMILES string of the molecule is Cc1ccc(COc2ccc3ccccc3c2/C=C(\C#N)C(=O)Nc2ccc(Br)cc2)cc1. The molecule has 1 amide bonds. The molecule has 0 saturated carbocycles. The van der Waals surface area contributed by atoms with Crippen LogP contribution in [0.1, 0.15) is 16.7 Å². The van der Waals surface area contributed by atoms with Crippen molar-refractivity contribution < 1.29 is 9.53 Å². The molecular weight excluding hydrogens is 476 g/mol. The summed E-state index contributed by atoms with van der Waals surface area (Å²) in [7, 11) is 0. The normalized spacial score (nSPS) is 11.1. The van der Waals surface area contributed by atoms with Crippen molar-refractivity contribution in [3.63, 3.8) is 0 Å². The summed E-state index contributed by atoms with van der Waals surface area (Å²) >= 11 is 3.37. The number of nitrogens with zero attached hydrogens (tertiary/aromatic N) is 1. The Morgan fingerprint density at radius 3 is 2.45 bits per heavy atom. The standard InChI is InChI=1S/C28H21BrN2O2/c1-19-6-8-20(9-7-19)18-33-27-15-10-21-4-2-3-5-25(21)26(27)16-22(17-30)28(32)31-24-13-11-23(29)12-14-24/h2-16H,18H2,1H3,(H,31,32)/b22-16+. The van der Waals surface area contributed by atoms with Crippen molar-refractivity contribution in [3.8, 4) is 11.8 Å². The molecule has 4 nitrogen and oxygen atoms in total. The van der Waals surface area contributed by atoms with E-state index in [1.807, 2.05) is 85.8 Å². The van der Waals surface area contributed by atoms with Gasteiger partial charge in [-0.25, -0.2) is 0 Å². The molecule has 0 heterocycles. The van der Waals surface area contributed by atoms with Crippen molar-refractivity contribution in [3.05, 3.63) is 112 Å². The Bertz CT molecular complexity index is 1370. The minimum Gasteiger partial charge on any atom is -0.488 e. The fourth-order valence-corrected chi connectivity index (χ4v) is 3.68. The molecule has 0 saturated heterocycles. The number of halogens is 1. The lowest BCUT2D eigenvalue weighted by Gasteiger charge is -2.13. The summed E-state index contributed by atoms with van der Waals surface area (Å²) in [4.78, 5) is 12.8. The second-order valence-electron chi connectivity index (χ2n) is 7.60. The predicted octanol–water partition coefficient (Wildman–Crippen LogP) is 7.04. The first kappa shape index (κ1) is 22.3. The highest BCUT2D eigenvalue weighted by Gasteiger charge is 2.14. The molecule has 4 aromatic rings. The minimum absolute atomic E-state index is 0.00513. The van der Waals surface area contributed by atoms with Crippen molar-refractivity contribution in [1.29, 1.82) is 5.26 Å². The van der Waals surface area contributed by atoms with Gasteiger partial charge >= 0.3 is 0 Å². The smallest absolute Gasteiger partial charge is 0.266 e. The molecule has 0 aliphatic carbocycles. The molecule has 0 bridgehead atoms. The van der Waals surface area contributed by atoms with E-state index in [1.165, 1.54) is 5.56 Å². The fraction of sp³-hybridized carbons (Fsp3) is 0.0714. The molecule has 5 heteroatoms. The molecular formula is C28H21BrN2O2. The van der Waals surface area contributed by atoms with E-state index in [9.17, 15) is 10.1 Å². The Kier molecular flexibility index (Phi) is 6.87. The number of rotatable bonds is 6. The monoisotopic (exact) mass is 496 g/mol. The number of nitrogens with one attached hydrogen (secondary N) is 1. The molecule has 0 spiro atoms. The lowest BCUT2D eigenvalue weighted by molar-refractivity contribution is -0.112. The molecule has 0 fully saturated rings. The van der Waals surface area contributed by atoms with Gasteiger partial charge in [-0.3, -0.25) is 4.79 Å². The van der Waals surface area contributed by atoms with Crippen LogP contribution in [0.4, 0.5) is 5.69 Å². The number of nitriles is 1. The topological polar surface area (TPSA) is 62.1 Å². The van der Waals surface area contributed by atoms with Crippen LogP contribution < -0.4 is 10.1 Å². The Balaban J connectivity index is 1.68. The quantitative estimate of drug-likeness (QED) is 0.230. The minimum atomic E-state index is -0.475. The number of amides is 1. The van der Waals surface area contributed by atoms with Crippen LogP contribution in [0.5, 0.6) is 5.75 Å². The first-order valence-corrected chi connectivity index (χ1v) is 11.2. The second kappa shape index (κ2) is 10.2. The third-order valence-electron chi connectivity index (χ3n) is 5.20. The molecule has 1 N–H and O–H groups in total. The summed E-state index contributed by atoms with van der Waals surface area (Å²) < 4.78 is 7.04. The largest absolute Gasteiger partial charge is 0.488 e. The van der Waals surface area contributed by atoms with Gasteiger partial charge in [0.25, 0.3) is 5.91 Å². The van der Waals surface area contributed by atoms with Crippen LogP contribution in [0, 0.1) is 18.3 Å². The van der Waals surface area contributed by atoms with Gasteiger partial charge in [0.05, 0.1) is 0 Å². The molecule has 4 aromatic carbocycles. The first-order valence-electron chi connectivity index (χ1n) is 10.4. The van der Waals surface area contributed by atoms with E-state index in [0.717, 1.165) is 20.8 Å². The van der Waals surface area contributed by atoms with Gasteiger partial charge in [-0.05, 0) is 59.7 Å². The van der Waals surface area contributed by atoms with Crippen LogP contribution in [0.3, 0.4) is 0 Å². The Morgan fingerprint density at radius 2 is 1.73 bits per heavy atom.